The SMILES string of the molecule is O=C(C[n+]1ccn(CCCNP2(=O)C=C(c3ccccc3)OC(c3ccccc3)=C2)c1)Nc1ccc(SC(F)F)cc1.[Cl-]. The van der Waals surface area contributed by atoms with Crippen molar-refractivity contribution in [2.45, 2.75) is 30.2 Å². The van der Waals surface area contributed by atoms with Crippen molar-refractivity contribution in [3.05, 3.63) is 126 Å². The minimum atomic E-state index is -3.04. The van der Waals surface area contributed by atoms with Gasteiger partial charge in [0.1, 0.15) is 23.9 Å². The number of carbonyl (C=O) groups excluding carboxylic acids is 1. The molecular formula is C31H30ClF2N4O3PS. The summed E-state index contributed by atoms with van der Waals surface area (Å²) in [5.74, 6) is 1.76. The van der Waals surface area contributed by atoms with E-state index >= 15 is 0 Å². The minimum absolute atomic E-state index is 0. The van der Waals surface area contributed by atoms with Crippen LogP contribution in [0.1, 0.15) is 17.5 Å². The monoisotopic (exact) mass is 642 g/mol. The fourth-order valence-corrected chi connectivity index (χ4v) is 6.75. The molecule has 0 saturated heterocycles. The van der Waals surface area contributed by atoms with E-state index in [0.717, 1.165) is 11.1 Å². The van der Waals surface area contributed by atoms with Crippen molar-refractivity contribution >= 4 is 42.2 Å². The van der Waals surface area contributed by atoms with Crippen LogP contribution in [0.15, 0.2) is 120 Å². The molecule has 12 heteroatoms. The van der Waals surface area contributed by atoms with Gasteiger partial charge >= 0.3 is 0 Å². The van der Waals surface area contributed by atoms with Crippen LogP contribution in [0.3, 0.4) is 0 Å². The third-order valence-electron chi connectivity index (χ3n) is 6.34. The number of nitrogens with zero attached hydrogens (tertiary/aromatic N) is 2. The summed E-state index contributed by atoms with van der Waals surface area (Å²) in [4.78, 5) is 12.9. The first-order valence-corrected chi connectivity index (χ1v) is 16.1. The number of alkyl halides is 2. The van der Waals surface area contributed by atoms with E-state index < -0.39 is 13.1 Å². The normalized spacial score (nSPS) is 13.8. The summed E-state index contributed by atoms with van der Waals surface area (Å²) in [6, 6.07) is 25.5. The Morgan fingerprint density at radius 1 is 0.930 bits per heavy atom. The van der Waals surface area contributed by atoms with Crippen LogP contribution in [0, 0.1) is 0 Å². The van der Waals surface area contributed by atoms with Crippen molar-refractivity contribution < 1.29 is 39.9 Å². The second-order valence-corrected chi connectivity index (χ2v) is 12.9. The third-order valence-corrected chi connectivity index (χ3v) is 9.02. The molecule has 3 aromatic carbocycles. The zero-order valence-corrected chi connectivity index (χ0v) is 25.5. The summed E-state index contributed by atoms with van der Waals surface area (Å²) in [7, 11) is -3.04. The molecule has 1 amide bonds. The molecule has 0 unspecified atom stereocenters. The van der Waals surface area contributed by atoms with Crippen molar-refractivity contribution in [3.63, 3.8) is 0 Å². The molecular weight excluding hydrogens is 613 g/mol. The Morgan fingerprint density at radius 2 is 1.53 bits per heavy atom. The predicted molar refractivity (Wildman–Crippen MR) is 162 cm³/mol. The molecule has 1 aromatic heterocycles. The number of hydrogen-bond donors (Lipinski definition) is 2. The maximum absolute atomic E-state index is 13.9. The highest BCUT2D eigenvalue weighted by molar-refractivity contribution is 7.99. The zero-order valence-electron chi connectivity index (χ0n) is 23.0. The van der Waals surface area contributed by atoms with Crippen molar-refractivity contribution in [3.8, 4) is 0 Å². The van der Waals surface area contributed by atoms with Gasteiger partial charge in [-0.1, -0.05) is 72.4 Å². The second-order valence-electron chi connectivity index (χ2n) is 9.57. The number of imidazole rings is 1. The summed E-state index contributed by atoms with van der Waals surface area (Å²) >= 11 is 0.461. The number of thioether (sulfide) groups is 1. The average Bonchev–Trinajstić information content (AvgIpc) is 3.43. The fraction of sp³-hybridized carbons (Fsp3) is 0.161. The number of benzene rings is 3. The number of carbonyl (C=O) groups is 1. The summed E-state index contributed by atoms with van der Waals surface area (Å²) in [6.07, 6.45) is 6.22. The Morgan fingerprint density at radius 3 is 2.12 bits per heavy atom. The van der Waals surface area contributed by atoms with Crippen molar-refractivity contribution in [1.82, 2.24) is 9.65 Å². The van der Waals surface area contributed by atoms with Gasteiger partial charge in [0.15, 0.2) is 13.8 Å². The van der Waals surface area contributed by atoms with E-state index in [4.69, 9.17) is 4.74 Å². The summed E-state index contributed by atoms with van der Waals surface area (Å²) in [6.45, 7) is 1.27. The Labute approximate surface area is 259 Å². The lowest BCUT2D eigenvalue weighted by atomic mass is 10.2. The number of nitrogens with one attached hydrogen (secondary N) is 2. The summed E-state index contributed by atoms with van der Waals surface area (Å²) < 4.78 is 48.8. The van der Waals surface area contributed by atoms with E-state index in [1.54, 1.807) is 46.7 Å². The van der Waals surface area contributed by atoms with Crippen LogP contribution < -0.4 is 27.4 Å². The molecule has 224 valence electrons. The number of ether oxygens (including phenoxy) is 1. The molecule has 7 nitrogen and oxygen atoms in total. The van der Waals surface area contributed by atoms with E-state index in [9.17, 15) is 18.1 Å². The molecule has 5 rings (SSSR count). The van der Waals surface area contributed by atoms with Gasteiger partial charge in [-0.2, -0.15) is 8.78 Å². The smallest absolute Gasteiger partial charge is 0.288 e. The Hall–Kier alpha value is -3.69. The molecule has 1 aliphatic heterocycles. The molecule has 43 heavy (non-hydrogen) atoms. The van der Waals surface area contributed by atoms with Gasteiger partial charge < -0.3 is 22.5 Å². The zero-order chi connectivity index (χ0) is 29.4. The van der Waals surface area contributed by atoms with Crippen LogP contribution in [0.4, 0.5) is 14.5 Å². The van der Waals surface area contributed by atoms with E-state index in [0.29, 0.717) is 53.4 Å². The highest BCUT2D eigenvalue weighted by Crippen LogP contribution is 2.53. The lowest BCUT2D eigenvalue weighted by Gasteiger charge is -2.23. The molecule has 0 atom stereocenters. The molecule has 2 N–H and O–H groups in total. The maximum Gasteiger partial charge on any atom is 0.288 e. The fourth-order valence-electron chi connectivity index (χ4n) is 4.39. The number of rotatable bonds is 12. The molecule has 4 aromatic rings. The Bertz CT molecular complexity index is 1560. The van der Waals surface area contributed by atoms with Crippen LogP contribution in [0.25, 0.3) is 11.5 Å². The number of anilines is 1. The Balaban J connectivity index is 0.00000423. The first-order chi connectivity index (χ1) is 20.3. The number of hydrogen-bond acceptors (Lipinski definition) is 4. The standard InChI is InChI=1S/C31H29F2N4O3PS.ClH/c32-31(33)42-27-14-12-26(13-15-27)35-30(38)20-37-19-18-36(23-37)17-7-16-34-41(39)21-28(24-8-3-1-4-9-24)40-29(22-41)25-10-5-2-6-11-25;/h1-6,8-15,18-19,21-23,31H,7,16-17,20H2,(H-,34,35,38,39);1H. The first kappa shape index (κ1) is 32.2. The predicted octanol–water partition coefficient (Wildman–Crippen LogP) is 4.02. The highest BCUT2D eigenvalue weighted by atomic mass is 35.5. The molecule has 1 aliphatic rings. The number of aromatic nitrogens is 2. The topological polar surface area (TPSA) is 76.2 Å². The maximum atomic E-state index is 13.9. The molecule has 0 saturated carbocycles. The number of amides is 1. The van der Waals surface area contributed by atoms with Crippen LogP contribution in [0.5, 0.6) is 0 Å². The third kappa shape index (κ3) is 9.40. The van der Waals surface area contributed by atoms with Crippen LogP contribution >= 0.6 is 19.1 Å². The molecule has 0 bridgehead atoms. The van der Waals surface area contributed by atoms with E-state index in [1.807, 2.05) is 77.8 Å². The van der Waals surface area contributed by atoms with Crippen LogP contribution in [0.2, 0.25) is 0 Å². The number of halogens is 3. The largest absolute Gasteiger partial charge is 1.00 e. The van der Waals surface area contributed by atoms with Crippen molar-refractivity contribution in [1.29, 1.82) is 0 Å². The van der Waals surface area contributed by atoms with Gasteiger partial charge in [-0.15, -0.1) is 0 Å². The first-order valence-electron chi connectivity index (χ1n) is 13.3. The van der Waals surface area contributed by atoms with Gasteiger partial charge in [-0.3, -0.25) is 14.4 Å². The van der Waals surface area contributed by atoms with Gasteiger partial charge in [0.2, 0.25) is 6.33 Å². The molecule has 0 spiro atoms. The van der Waals surface area contributed by atoms with E-state index in [-0.39, 0.29) is 24.9 Å². The number of aryl methyl sites for hydroxylation is 1. The molecule has 0 aliphatic carbocycles. The quantitative estimate of drug-likeness (QED) is 0.106. The highest BCUT2D eigenvalue weighted by Gasteiger charge is 2.26. The van der Waals surface area contributed by atoms with Gasteiger partial charge in [-0.05, 0) is 30.7 Å². The van der Waals surface area contributed by atoms with Crippen molar-refractivity contribution in [2.24, 2.45) is 0 Å². The van der Waals surface area contributed by atoms with Gasteiger partial charge in [-0.25, -0.2) is 9.13 Å². The Kier molecular flexibility index (Phi) is 11.4. The van der Waals surface area contributed by atoms with Gasteiger partial charge in [0.25, 0.3) is 11.7 Å². The summed E-state index contributed by atoms with van der Waals surface area (Å²) in [5, 5.41) is 6.02. The molecule has 2 heterocycles. The molecule has 0 radical (unpaired) electrons. The van der Waals surface area contributed by atoms with E-state index in [2.05, 4.69) is 10.4 Å². The molecule has 0 fully saturated rings. The minimum Gasteiger partial charge on any atom is -1.00 e. The average molecular weight is 643 g/mol. The summed E-state index contributed by atoms with van der Waals surface area (Å²) in [5.41, 5.74) is 2.25. The van der Waals surface area contributed by atoms with Crippen molar-refractivity contribution in [2.75, 3.05) is 11.9 Å². The van der Waals surface area contributed by atoms with Gasteiger partial charge in [0.05, 0.1) is 6.54 Å². The lowest BCUT2D eigenvalue weighted by Crippen LogP contribution is -3.00. The second kappa shape index (κ2) is 15.2. The lowest BCUT2D eigenvalue weighted by molar-refractivity contribution is -0.683. The van der Waals surface area contributed by atoms with Crippen LogP contribution in [-0.2, 0) is 27.2 Å². The van der Waals surface area contributed by atoms with E-state index in [1.165, 1.54) is 0 Å². The van der Waals surface area contributed by atoms with Gasteiger partial charge in [0, 0.05) is 39.9 Å². The van der Waals surface area contributed by atoms with Crippen LogP contribution in [-0.4, -0.2) is 22.8 Å².